The summed E-state index contributed by atoms with van der Waals surface area (Å²) in [6.07, 6.45) is 0.938. The van der Waals surface area contributed by atoms with Gasteiger partial charge in [0.05, 0.1) is 12.2 Å². The molecule has 0 aromatic carbocycles. The number of anilines is 1. The van der Waals surface area contributed by atoms with Crippen LogP contribution in [-0.2, 0) is 19.1 Å². The van der Waals surface area contributed by atoms with Gasteiger partial charge in [0.25, 0.3) is 5.91 Å². The van der Waals surface area contributed by atoms with Crippen LogP contribution in [0.3, 0.4) is 0 Å². The molecule has 23 heavy (non-hydrogen) atoms. The normalized spacial score (nSPS) is 10.5. The second kappa shape index (κ2) is 9.29. The summed E-state index contributed by atoms with van der Waals surface area (Å²) in [5, 5.41) is 3.04. The van der Waals surface area contributed by atoms with Gasteiger partial charge in [-0.05, 0) is 25.3 Å². The third-order valence-corrected chi connectivity index (χ3v) is 4.24. The first-order chi connectivity index (χ1) is 10.9. The maximum absolute atomic E-state index is 12.0. The Morgan fingerprint density at radius 3 is 2.48 bits per heavy atom. The van der Waals surface area contributed by atoms with Gasteiger partial charge in [0, 0.05) is 11.3 Å². The van der Waals surface area contributed by atoms with Crippen LogP contribution < -0.4 is 5.32 Å². The number of carbonyl (C=O) groups excluding carboxylic acids is 3. The third kappa shape index (κ3) is 6.02. The minimum absolute atomic E-state index is 0.223. The molecule has 1 aromatic heterocycles. The van der Waals surface area contributed by atoms with Crippen molar-refractivity contribution in [1.29, 1.82) is 0 Å². The first-order valence-corrected chi connectivity index (χ1v) is 8.46. The fourth-order valence-corrected chi connectivity index (χ4v) is 2.80. The van der Waals surface area contributed by atoms with Crippen LogP contribution in [-0.4, -0.2) is 31.1 Å². The van der Waals surface area contributed by atoms with Gasteiger partial charge in [-0.1, -0.05) is 20.8 Å². The summed E-state index contributed by atoms with van der Waals surface area (Å²) in [7, 11) is 0. The predicted molar refractivity (Wildman–Crippen MR) is 88.9 cm³/mol. The van der Waals surface area contributed by atoms with E-state index < -0.39 is 17.8 Å². The number of hydrogen-bond acceptors (Lipinski definition) is 6. The van der Waals surface area contributed by atoms with E-state index in [0.29, 0.717) is 17.0 Å². The van der Waals surface area contributed by atoms with Crippen LogP contribution in [0.15, 0.2) is 6.07 Å². The molecule has 0 spiro atoms. The average molecular weight is 341 g/mol. The van der Waals surface area contributed by atoms with Crippen molar-refractivity contribution in [2.24, 2.45) is 0 Å². The molecule has 0 aliphatic rings. The molecule has 128 valence electrons. The van der Waals surface area contributed by atoms with Crippen molar-refractivity contribution < 1.29 is 23.9 Å². The van der Waals surface area contributed by atoms with Crippen LogP contribution in [0.25, 0.3) is 0 Å². The highest BCUT2D eigenvalue weighted by Crippen LogP contribution is 2.33. The lowest BCUT2D eigenvalue weighted by molar-refractivity contribution is -0.147. The van der Waals surface area contributed by atoms with Crippen LogP contribution in [0, 0.1) is 0 Å². The number of rotatable bonds is 8. The van der Waals surface area contributed by atoms with E-state index in [4.69, 9.17) is 9.47 Å². The number of nitrogens with one attached hydrogen (secondary N) is 1. The lowest BCUT2D eigenvalue weighted by Gasteiger charge is -2.06. The van der Waals surface area contributed by atoms with Crippen molar-refractivity contribution in [3.05, 3.63) is 16.5 Å². The summed E-state index contributed by atoms with van der Waals surface area (Å²) in [6.45, 7) is 7.46. The predicted octanol–water partition coefficient (Wildman–Crippen LogP) is 3.33. The van der Waals surface area contributed by atoms with Gasteiger partial charge in [0.15, 0.2) is 6.61 Å². The maximum atomic E-state index is 12.0. The van der Waals surface area contributed by atoms with Crippen LogP contribution >= 0.6 is 11.3 Å². The Bertz CT molecular complexity index is 565. The highest BCUT2D eigenvalue weighted by Gasteiger charge is 2.20. The molecule has 0 aliphatic heterocycles. The Kier molecular flexibility index (Phi) is 7.74. The van der Waals surface area contributed by atoms with E-state index in [2.05, 4.69) is 5.32 Å². The SMILES string of the molecule is CCCC(=O)OCC(=O)Nc1sc(C(C)C)cc1C(=O)OCC. The van der Waals surface area contributed by atoms with Crippen molar-refractivity contribution >= 4 is 34.2 Å². The monoisotopic (exact) mass is 341 g/mol. The van der Waals surface area contributed by atoms with Gasteiger partial charge in [-0.15, -0.1) is 11.3 Å². The standard InChI is InChI=1S/C16H23NO5S/c1-5-7-14(19)22-9-13(18)17-15-11(16(20)21-6-2)8-12(23-15)10(3)4/h8,10H,5-7,9H2,1-4H3,(H,17,18). The molecule has 0 bridgehead atoms. The molecule has 0 saturated heterocycles. The minimum atomic E-state index is -0.478. The second-order valence-electron chi connectivity index (χ2n) is 5.23. The number of carbonyl (C=O) groups is 3. The number of ether oxygens (including phenoxy) is 2. The molecule has 0 radical (unpaired) electrons. The van der Waals surface area contributed by atoms with Gasteiger partial charge in [-0.25, -0.2) is 4.79 Å². The van der Waals surface area contributed by atoms with Crippen molar-refractivity contribution in [2.75, 3.05) is 18.5 Å². The first kappa shape index (κ1) is 19.2. The summed E-state index contributed by atoms with van der Waals surface area (Å²) in [5.41, 5.74) is 0.328. The highest BCUT2D eigenvalue weighted by atomic mass is 32.1. The van der Waals surface area contributed by atoms with Crippen molar-refractivity contribution in [1.82, 2.24) is 0 Å². The van der Waals surface area contributed by atoms with Crippen molar-refractivity contribution in [3.8, 4) is 0 Å². The molecular weight excluding hydrogens is 318 g/mol. The summed E-state index contributed by atoms with van der Waals surface area (Å²) in [6, 6.07) is 1.73. The fraction of sp³-hybridized carbons (Fsp3) is 0.562. The quantitative estimate of drug-likeness (QED) is 0.734. The topological polar surface area (TPSA) is 81.7 Å². The maximum Gasteiger partial charge on any atom is 0.341 e. The van der Waals surface area contributed by atoms with Crippen molar-refractivity contribution in [3.63, 3.8) is 0 Å². The van der Waals surface area contributed by atoms with Crippen molar-refractivity contribution in [2.45, 2.75) is 46.5 Å². The van der Waals surface area contributed by atoms with E-state index in [1.165, 1.54) is 11.3 Å². The molecule has 1 N–H and O–H groups in total. The van der Waals surface area contributed by atoms with E-state index in [0.717, 1.165) is 4.88 Å². The van der Waals surface area contributed by atoms with Gasteiger partial charge in [-0.2, -0.15) is 0 Å². The van der Waals surface area contributed by atoms with Crippen LogP contribution in [0.2, 0.25) is 0 Å². The molecule has 0 fully saturated rings. The van der Waals surface area contributed by atoms with Gasteiger partial charge >= 0.3 is 11.9 Å². The molecule has 1 amide bonds. The number of amides is 1. The van der Waals surface area contributed by atoms with Crippen LogP contribution in [0.4, 0.5) is 5.00 Å². The lowest BCUT2D eigenvalue weighted by atomic mass is 10.1. The second-order valence-corrected chi connectivity index (χ2v) is 6.31. The molecular formula is C16H23NO5S. The summed E-state index contributed by atoms with van der Waals surface area (Å²) >= 11 is 1.32. The smallest absolute Gasteiger partial charge is 0.341 e. The zero-order chi connectivity index (χ0) is 17.4. The van der Waals surface area contributed by atoms with Gasteiger partial charge < -0.3 is 14.8 Å². The van der Waals surface area contributed by atoms with E-state index in [1.54, 1.807) is 13.0 Å². The first-order valence-electron chi connectivity index (χ1n) is 7.65. The number of esters is 2. The summed E-state index contributed by atoms with van der Waals surface area (Å²) in [4.78, 5) is 36.1. The Morgan fingerprint density at radius 1 is 1.22 bits per heavy atom. The number of thiophene rings is 1. The Morgan fingerprint density at radius 2 is 1.91 bits per heavy atom. The molecule has 1 rings (SSSR count). The van der Waals surface area contributed by atoms with Gasteiger partial charge in [0.2, 0.25) is 0 Å². The third-order valence-electron chi connectivity index (χ3n) is 2.89. The van der Waals surface area contributed by atoms with Gasteiger partial charge in [0.1, 0.15) is 5.00 Å². The molecule has 1 heterocycles. The zero-order valence-corrected chi connectivity index (χ0v) is 14.7. The summed E-state index contributed by atoms with van der Waals surface area (Å²) in [5.74, 6) is -1.14. The molecule has 0 saturated carbocycles. The molecule has 0 atom stereocenters. The van der Waals surface area contributed by atoms with E-state index >= 15 is 0 Å². The van der Waals surface area contributed by atoms with Gasteiger partial charge in [-0.3, -0.25) is 9.59 Å². The van der Waals surface area contributed by atoms with E-state index in [-0.39, 0.29) is 25.6 Å². The molecule has 0 aliphatic carbocycles. The summed E-state index contributed by atoms with van der Waals surface area (Å²) < 4.78 is 9.86. The molecule has 7 heteroatoms. The van der Waals surface area contributed by atoms with Crippen LogP contribution in [0.5, 0.6) is 0 Å². The molecule has 1 aromatic rings. The highest BCUT2D eigenvalue weighted by molar-refractivity contribution is 7.16. The fourth-order valence-electron chi connectivity index (χ4n) is 1.73. The zero-order valence-electron chi connectivity index (χ0n) is 13.9. The average Bonchev–Trinajstić information content (AvgIpc) is 2.90. The van der Waals surface area contributed by atoms with E-state index in [9.17, 15) is 14.4 Å². The Labute approximate surface area is 140 Å². The number of hydrogen-bond donors (Lipinski definition) is 1. The molecule has 6 nitrogen and oxygen atoms in total. The van der Waals surface area contributed by atoms with E-state index in [1.807, 2.05) is 20.8 Å². The minimum Gasteiger partial charge on any atom is -0.462 e. The molecule has 0 unspecified atom stereocenters. The van der Waals surface area contributed by atoms with Crippen LogP contribution in [0.1, 0.15) is 61.7 Å². The lowest BCUT2D eigenvalue weighted by Crippen LogP contribution is -2.21. The largest absolute Gasteiger partial charge is 0.462 e. The Balaban J connectivity index is 2.79. The Hall–Kier alpha value is -1.89.